The Labute approximate surface area is 104 Å². The van der Waals surface area contributed by atoms with Gasteiger partial charge in [-0.1, -0.05) is 11.2 Å². The lowest BCUT2D eigenvalue weighted by Gasteiger charge is -2.15. The monoisotopic (exact) mass is 249 g/mol. The first-order valence-electron chi connectivity index (χ1n) is 5.61. The van der Waals surface area contributed by atoms with Crippen molar-refractivity contribution < 1.29 is 14.7 Å². The summed E-state index contributed by atoms with van der Waals surface area (Å²) >= 11 is 0. The molecule has 0 radical (unpaired) electrons. The van der Waals surface area contributed by atoms with Gasteiger partial charge in [-0.2, -0.15) is 4.98 Å². The van der Waals surface area contributed by atoms with Crippen LogP contribution in [0, 0.1) is 6.92 Å². The molecule has 18 heavy (non-hydrogen) atoms. The molecular weight excluding hydrogens is 234 g/mol. The molecule has 0 aliphatic heterocycles. The smallest absolute Gasteiger partial charge is 0.223 e. The quantitative estimate of drug-likeness (QED) is 0.763. The molecule has 1 heterocycles. The number of benzene rings is 1. The highest BCUT2D eigenvalue weighted by molar-refractivity contribution is 5.44. The number of hydrogen-bond acceptors (Lipinski definition) is 6. The van der Waals surface area contributed by atoms with Gasteiger partial charge in [-0.05, 0) is 19.1 Å². The van der Waals surface area contributed by atoms with Crippen LogP contribution in [-0.2, 0) is 6.54 Å². The van der Waals surface area contributed by atoms with Gasteiger partial charge in [0.15, 0.2) is 5.82 Å². The standard InChI is InChI=1S/C12H15N3O3/c1-7(12-9(16)4-3-5-10(12)17)13-6-11-14-8(2)18-15-11/h3-5,7,13,16-17H,6H2,1-2H3. The normalized spacial score (nSPS) is 12.6. The molecule has 0 aliphatic rings. The van der Waals surface area contributed by atoms with E-state index in [1.54, 1.807) is 13.0 Å². The first-order valence-corrected chi connectivity index (χ1v) is 5.61. The number of hydrogen-bond donors (Lipinski definition) is 3. The van der Waals surface area contributed by atoms with E-state index in [1.807, 2.05) is 6.92 Å². The molecule has 0 saturated heterocycles. The van der Waals surface area contributed by atoms with E-state index >= 15 is 0 Å². The first-order chi connectivity index (χ1) is 8.58. The Morgan fingerprint density at radius 3 is 2.56 bits per heavy atom. The molecule has 6 heteroatoms. The van der Waals surface area contributed by atoms with Gasteiger partial charge in [0.25, 0.3) is 0 Å². The molecule has 0 bridgehead atoms. The molecule has 0 aliphatic carbocycles. The lowest BCUT2D eigenvalue weighted by atomic mass is 10.1. The summed E-state index contributed by atoms with van der Waals surface area (Å²) in [4.78, 5) is 4.06. The molecule has 0 saturated carbocycles. The number of nitrogens with zero attached hydrogens (tertiary/aromatic N) is 2. The Hall–Kier alpha value is -2.08. The third kappa shape index (κ3) is 2.60. The molecular formula is C12H15N3O3. The zero-order chi connectivity index (χ0) is 13.1. The van der Waals surface area contributed by atoms with E-state index in [-0.39, 0.29) is 17.5 Å². The molecule has 2 rings (SSSR count). The number of aryl methyl sites for hydroxylation is 1. The maximum atomic E-state index is 9.71. The molecule has 0 fully saturated rings. The van der Waals surface area contributed by atoms with Gasteiger partial charge in [0.05, 0.1) is 12.1 Å². The van der Waals surface area contributed by atoms with Crippen LogP contribution in [-0.4, -0.2) is 20.4 Å². The van der Waals surface area contributed by atoms with Gasteiger partial charge in [-0.15, -0.1) is 0 Å². The van der Waals surface area contributed by atoms with E-state index in [9.17, 15) is 10.2 Å². The number of rotatable bonds is 4. The second-order valence-electron chi connectivity index (χ2n) is 4.04. The first kappa shape index (κ1) is 12.4. The van der Waals surface area contributed by atoms with Crippen molar-refractivity contribution in [1.82, 2.24) is 15.5 Å². The Bertz CT molecular complexity index is 519. The van der Waals surface area contributed by atoms with E-state index in [1.165, 1.54) is 12.1 Å². The molecule has 1 aromatic carbocycles. The SMILES string of the molecule is Cc1nc(CNC(C)c2c(O)cccc2O)no1. The van der Waals surface area contributed by atoms with Crippen LogP contribution in [0.25, 0.3) is 0 Å². The van der Waals surface area contributed by atoms with Crippen molar-refractivity contribution in [2.45, 2.75) is 26.4 Å². The molecule has 6 nitrogen and oxygen atoms in total. The highest BCUT2D eigenvalue weighted by atomic mass is 16.5. The molecule has 1 unspecified atom stereocenters. The second-order valence-corrected chi connectivity index (χ2v) is 4.04. The number of aromatic hydroxyl groups is 2. The summed E-state index contributed by atoms with van der Waals surface area (Å²) in [7, 11) is 0. The summed E-state index contributed by atoms with van der Waals surface area (Å²) in [6.07, 6.45) is 0. The minimum Gasteiger partial charge on any atom is -0.507 e. The zero-order valence-corrected chi connectivity index (χ0v) is 10.2. The summed E-state index contributed by atoms with van der Waals surface area (Å²) in [6, 6.07) is 4.42. The Balaban J connectivity index is 2.06. The summed E-state index contributed by atoms with van der Waals surface area (Å²) in [5.74, 6) is 1.15. The van der Waals surface area contributed by atoms with Crippen molar-refractivity contribution in [2.24, 2.45) is 0 Å². The van der Waals surface area contributed by atoms with E-state index < -0.39 is 0 Å². The Morgan fingerprint density at radius 1 is 1.33 bits per heavy atom. The molecule has 1 atom stereocenters. The maximum Gasteiger partial charge on any atom is 0.223 e. The summed E-state index contributed by atoms with van der Waals surface area (Å²) in [5.41, 5.74) is 0.456. The van der Waals surface area contributed by atoms with Crippen LogP contribution in [0.2, 0.25) is 0 Å². The van der Waals surface area contributed by atoms with Crippen LogP contribution in [0.5, 0.6) is 11.5 Å². The van der Waals surface area contributed by atoms with Gasteiger partial charge in [-0.3, -0.25) is 0 Å². The molecule has 2 aromatic rings. The zero-order valence-electron chi connectivity index (χ0n) is 10.2. The van der Waals surface area contributed by atoms with Crippen LogP contribution in [0.3, 0.4) is 0 Å². The molecule has 0 spiro atoms. The lowest BCUT2D eigenvalue weighted by Crippen LogP contribution is -2.19. The molecule has 0 amide bonds. The van der Waals surface area contributed by atoms with Gasteiger partial charge in [-0.25, -0.2) is 0 Å². The third-order valence-corrected chi connectivity index (χ3v) is 2.63. The Kier molecular flexibility index (Phi) is 3.47. The largest absolute Gasteiger partial charge is 0.507 e. The third-order valence-electron chi connectivity index (χ3n) is 2.63. The van der Waals surface area contributed by atoms with Crippen molar-refractivity contribution in [3.05, 3.63) is 35.5 Å². The summed E-state index contributed by atoms with van der Waals surface area (Å²) < 4.78 is 4.85. The van der Waals surface area contributed by atoms with Crippen LogP contribution < -0.4 is 5.32 Å². The van der Waals surface area contributed by atoms with Crippen LogP contribution >= 0.6 is 0 Å². The topological polar surface area (TPSA) is 91.4 Å². The van der Waals surface area contributed by atoms with Crippen LogP contribution in [0.4, 0.5) is 0 Å². The van der Waals surface area contributed by atoms with Gasteiger partial charge < -0.3 is 20.1 Å². The summed E-state index contributed by atoms with van der Waals surface area (Å²) in [5, 5.41) is 26.3. The second kappa shape index (κ2) is 5.05. The minimum absolute atomic E-state index is 0.0549. The molecule has 96 valence electrons. The number of phenolic OH excluding ortho intramolecular Hbond substituents is 2. The maximum absolute atomic E-state index is 9.71. The lowest BCUT2D eigenvalue weighted by molar-refractivity contribution is 0.382. The average molecular weight is 249 g/mol. The number of nitrogens with one attached hydrogen (secondary N) is 1. The van der Waals surface area contributed by atoms with Crippen LogP contribution in [0.1, 0.15) is 30.2 Å². The van der Waals surface area contributed by atoms with Gasteiger partial charge in [0.1, 0.15) is 11.5 Å². The molecule has 3 N–H and O–H groups in total. The predicted molar refractivity (Wildman–Crippen MR) is 64.1 cm³/mol. The molecule has 1 aromatic heterocycles. The van der Waals surface area contributed by atoms with Crippen molar-refractivity contribution >= 4 is 0 Å². The summed E-state index contributed by atoms with van der Waals surface area (Å²) in [6.45, 7) is 3.95. The van der Waals surface area contributed by atoms with Crippen molar-refractivity contribution in [3.63, 3.8) is 0 Å². The number of aromatic nitrogens is 2. The number of phenols is 2. The predicted octanol–water partition coefficient (Wildman–Crippen LogP) is 1.64. The van der Waals surface area contributed by atoms with Crippen molar-refractivity contribution in [3.8, 4) is 11.5 Å². The van der Waals surface area contributed by atoms with Gasteiger partial charge in [0.2, 0.25) is 5.89 Å². The minimum atomic E-state index is -0.231. The Morgan fingerprint density at radius 2 is 2.00 bits per heavy atom. The van der Waals surface area contributed by atoms with Crippen molar-refractivity contribution in [2.75, 3.05) is 0 Å². The van der Waals surface area contributed by atoms with Crippen molar-refractivity contribution in [1.29, 1.82) is 0 Å². The average Bonchev–Trinajstić information content (AvgIpc) is 2.72. The van der Waals surface area contributed by atoms with Gasteiger partial charge in [0, 0.05) is 13.0 Å². The van der Waals surface area contributed by atoms with Gasteiger partial charge >= 0.3 is 0 Å². The van der Waals surface area contributed by atoms with E-state index in [0.717, 1.165) is 0 Å². The fourth-order valence-corrected chi connectivity index (χ4v) is 1.74. The highest BCUT2D eigenvalue weighted by Crippen LogP contribution is 2.32. The van der Waals surface area contributed by atoms with E-state index in [4.69, 9.17) is 4.52 Å². The van der Waals surface area contributed by atoms with Crippen LogP contribution in [0.15, 0.2) is 22.7 Å². The fourth-order valence-electron chi connectivity index (χ4n) is 1.74. The van der Waals surface area contributed by atoms with E-state index in [2.05, 4.69) is 15.5 Å². The fraction of sp³-hybridized carbons (Fsp3) is 0.333. The van der Waals surface area contributed by atoms with E-state index in [0.29, 0.717) is 23.8 Å². The highest BCUT2D eigenvalue weighted by Gasteiger charge is 2.15.